The first-order valence-electron chi connectivity index (χ1n) is 14.5. The summed E-state index contributed by atoms with van der Waals surface area (Å²) in [6.07, 6.45) is 10.6. The van der Waals surface area contributed by atoms with Crippen LogP contribution in [-0.2, 0) is 33.4 Å². The minimum absolute atomic E-state index is 0.0340. The normalized spacial score (nSPS) is 40.1. The van der Waals surface area contributed by atoms with Crippen LogP contribution in [0, 0.1) is 40.4 Å². The molecule has 0 N–H and O–H groups in total. The van der Waals surface area contributed by atoms with E-state index in [0.717, 1.165) is 43.3 Å². The van der Waals surface area contributed by atoms with Gasteiger partial charge < -0.3 is 14.2 Å². The van der Waals surface area contributed by atoms with Crippen molar-refractivity contribution in [1.29, 1.82) is 0 Å². The van der Waals surface area contributed by atoms with Gasteiger partial charge in [-0.05, 0) is 86.2 Å². The maximum atomic E-state index is 12.9. The number of ether oxygens (including phenoxy) is 3. The summed E-state index contributed by atoms with van der Waals surface area (Å²) in [7, 11) is 0. The fourth-order valence-corrected chi connectivity index (χ4v) is 9.23. The van der Waals surface area contributed by atoms with Gasteiger partial charge >= 0.3 is 17.9 Å². The van der Waals surface area contributed by atoms with Crippen LogP contribution in [0.5, 0.6) is 0 Å². The van der Waals surface area contributed by atoms with E-state index in [1.165, 1.54) is 13.8 Å². The van der Waals surface area contributed by atoms with E-state index >= 15 is 0 Å². The number of esters is 3. The molecule has 39 heavy (non-hydrogen) atoms. The first kappa shape index (κ1) is 27.9. The first-order valence-corrected chi connectivity index (χ1v) is 14.5. The lowest BCUT2D eigenvalue weighted by Gasteiger charge is -2.58. The Morgan fingerprint density at radius 2 is 1.85 bits per heavy atom. The van der Waals surface area contributed by atoms with Crippen LogP contribution in [0.15, 0.2) is 34.9 Å². The van der Waals surface area contributed by atoms with Crippen LogP contribution in [0.2, 0.25) is 0 Å². The molecule has 0 aromatic heterocycles. The maximum absolute atomic E-state index is 12.9. The molecule has 5 aliphatic rings. The van der Waals surface area contributed by atoms with E-state index in [0.29, 0.717) is 29.7 Å². The molecule has 0 amide bonds. The average Bonchev–Trinajstić information content (AvgIpc) is 3.21. The number of carbonyl (C=O) groups excluding carboxylic acids is 4. The Labute approximate surface area is 231 Å². The molecule has 0 bridgehead atoms. The largest absolute Gasteiger partial charge is 0.461 e. The van der Waals surface area contributed by atoms with Crippen LogP contribution >= 0.6 is 0 Å². The zero-order chi connectivity index (χ0) is 28.3. The van der Waals surface area contributed by atoms with E-state index in [4.69, 9.17) is 14.2 Å². The quantitative estimate of drug-likeness (QED) is 0.347. The lowest BCUT2D eigenvalue weighted by molar-refractivity contribution is -0.157. The summed E-state index contributed by atoms with van der Waals surface area (Å²) < 4.78 is 16.8. The van der Waals surface area contributed by atoms with Crippen molar-refractivity contribution in [2.75, 3.05) is 6.61 Å². The number of fused-ring (bicyclic) bond motifs is 5. The van der Waals surface area contributed by atoms with Crippen molar-refractivity contribution in [1.82, 2.24) is 0 Å². The van der Waals surface area contributed by atoms with Crippen molar-refractivity contribution in [2.24, 2.45) is 40.4 Å². The third kappa shape index (κ3) is 4.50. The van der Waals surface area contributed by atoms with Gasteiger partial charge in [-0.25, -0.2) is 4.79 Å². The topological polar surface area (TPSA) is 96.0 Å². The number of allylic oxidation sites excluding steroid dienone is 2. The molecule has 0 aromatic rings. The second-order valence-corrected chi connectivity index (χ2v) is 13.0. The molecule has 1 heterocycles. The van der Waals surface area contributed by atoms with Crippen LogP contribution < -0.4 is 0 Å². The van der Waals surface area contributed by atoms with Gasteiger partial charge in [-0.3, -0.25) is 14.4 Å². The van der Waals surface area contributed by atoms with Gasteiger partial charge in [-0.15, -0.1) is 0 Å². The SMILES string of the molecule is CC(=O)OCC1=C(C)C[C@H]([C@@H](C)[C@H]2CC[C@H]3[C@@H]4CC=C5C(=O)C=C[C@@H](OC(C)=O)[C@]5(C)[C@H]4CC[C@]23C)OC1=O. The third-order valence-electron chi connectivity index (χ3n) is 11.2. The molecule has 7 nitrogen and oxygen atoms in total. The van der Waals surface area contributed by atoms with Gasteiger partial charge in [-0.2, -0.15) is 0 Å². The van der Waals surface area contributed by atoms with Crippen molar-refractivity contribution in [3.63, 3.8) is 0 Å². The molecule has 0 saturated heterocycles. The van der Waals surface area contributed by atoms with E-state index in [2.05, 4.69) is 26.8 Å². The fraction of sp³-hybridized carbons (Fsp3) is 0.688. The van der Waals surface area contributed by atoms with Crippen molar-refractivity contribution in [2.45, 2.75) is 92.3 Å². The molecule has 212 valence electrons. The molecule has 0 unspecified atom stereocenters. The highest BCUT2D eigenvalue weighted by Crippen LogP contribution is 2.67. The van der Waals surface area contributed by atoms with Gasteiger partial charge in [0.2, 0.25) is 0 Å². The average molecular weight is 539 g/mol. The van der Waals surface area contributed by atoms with Crippen LogP contribution in [-0.4, -0.2) is 42.5 Å². The number of rotatable bonds is 5. The molecule has 0 spiro atoms. The van der Waals surface area contributed by atoms with Crippen molar-refractivity contribution in [3.8, 4) is 0 Å². The number of hydrogen-bond donors (Lipinski definition) is 0. The van der Waals surface area contributed by atoms with Gasteiger partial charge in [-0.1, -0.05) is 32.4 Å². The van der Waals surface area contributed by atoms with Gasteiger partial charge in [0.15, 0.2) is 5.78 Å². The van der Waals surface area contributed by atoms with Crippen LogP contribution in [0.4, 0.5) is 0 Å². The second kappa shape index (κ2) is 10.0. The Kier molecular flexibility index (Phi) is 7.17. The van der Waals surface area contributed by atoms with Crippen molar-refractivity contribution >= 4 is 23.7 Å². The lowest BCUT2D eigenvalue weighted by atomic mass is 9.47. The summed E-state index contributed by atoms with van der Waals surface area (Å²) in [5.41, 5.74) is 1.81. The fourth-order valence-electron chi connectivity index (χ4n) is 9.23. The molecule has 2 saturated carbocycles. The maximum Gasteiger partial charge on any atom is 0.337 e. The molecule has 4 aliphatic carbocycles. The zero-order valence-corrected chi connectivity index (χ0v) is 24.1. The standard InChI is InChI=1S/C32H42O7/c1-17-15-28(39-30(36)22(17)16-37-19(3)33)18(2)23-9-10-24-21-7-8-26-27(35)11-12-29(38-20(4)34)32(26,6)25(21)13-14-31(23,24)5/h8,11-12,18,21,23-25,28-29H,7,9-10,13-16H2,1-6H3/t18-,21-,23+,24-,25-,28+,29+,31+,32+/m0/s1. The van der Waals surface area contributed by atoms with E-state index in [1.54, 1.807) is 12.2 Å². The molecule has 2 fully saturated rings. The van der Waals surface area contributed by atoms with Crippen molar-refractivity contribution in [3.05, 3.63) is 34.9 Å². The first-order chi connectivity index (χ1) is 18.4. The number of ketones is 1. The third-order valence-corrected chi connectivity index (χ3v) is 11.2. The van der Waals surface area contributed by atoms with E-state index in [9.17, 15) is 19.2 Å². The van der Waals surface area contributed by atoms with Gasteiger partial charge in [0.25, 0.3) is 0 Å². The predicted molar refractivity (Wildman–Crippen MR) is 144 cm³/mol. The van der Waals surface area contributed by atoms with Gasteiger partial charge in [0.1, 0.15) is 18.8 Å². The molecule has 9 atom stereocenters. The molecule has 0 aromatic carbocycles. The van der Waals surface area contributed by atoms with Gasteiger partial charge in [0.05, 0.1) is 5.57 Å². The van der Waals surface area contributed by atoms with E-state index < -0.39 is 17.5 Å². The second-order valence-electron chi connectivity index (χ2n) is 13.0. The summed E-state index contributed by atoms with van der Waals surface area (Å²) in [5, 5.41) is 0. The Morgan fingerprint density at radius 1 is 1.10 bits per heavy atom. The van der Waals surface area contributed by atoms with Crippen LogP contribution in [0.3, 0.4) is 0 Å². The summed E-state index contributed by atoms with van der Waals surface area (Å²) in [6.45, 7) is 11.5. The zero-order valence-electron chi connectivity index (χ0n) is 24.1. The highest BCUT2D eigenvalue weighted by Gasteiger charge is 2.62. The Morgan fingerprint density at radius 3 is 2.51 bits per heavy atom. The number of cyclic esters (lactones) is 1. The van der Waals surface area contributed by atoms with Gasteiger partial charge in [0, 0.05) is 31.3 Å². The smallest absolute Gasteiger partial charge is 0.337 e. The molecule has 0 radical (unpaired) electrons. The summed E-state index contributed by atoms with van der Waals surface area (Å²) in [5.74, 6) is 0.731. The van der Waals surface area contributed by atoms with Crippen LogP contribution in [0.1, 0.15) is 80.1 Å². The molecule has 7 heteroatoms. The van der Waals surface area contributed by atoms with E-state index in [-0.39, 0.29) is 47.7 Å². The molecule has 1 aliphatic heterocycles. The summed E-state index contributed by atoms with van der Waals surface area (Å²) >= 11 is 0. The Bertz CT molecular complexity index is 1180. The molecular weight excluding hydrogens is 496 g/mol. The Balaban J connectivity index is 1.37. The minimum atomic E-state index is -0.509. The van der Waals surface area contributed by atoms with Crippen molar-refractivity contribution < 1.29 is 33.4 Å². The number of carbonyl (C=O) groups is 4. The molecule has 5 rings (SSSR count). The van der Waals surface area contributed by atoms with E-state index in [1.807, 2.05) is 6.92 Å². The number of hydrogen-bond acceptors (Lipinski definition) is 7. The predicted octanol–water partition coefficient (Wildman–Crippen LogP) is 5.28. The van der Waals surface area contributed by atoms with Crippen LogP contribution in [0.25, 0.3) is 0 Å². The summed E-state index contributed by atoms with van der Waals surface area (Å²) in [6, 6.07) is 0. The Hall–Kier alpha value is -2.70. The highest BCUT2D eigenvalue weighted by atomic mass is 16.6. The monoisotopic (exact) mass is 538 g/mol. The minimum Gasteiger partial charge on any atom is -0.461 e. The highest BCUT2D eigenvalue weighted by molar-refractivity contribution is 6.06. The molecular formula is C32H42O7. The lowest BCUT2D eigenvalue weighted by Crippen LogP contribution is -2.55. The summed E-state index contributed by atoms with van der Waals surface area (Å²) in [4.78, 5) is 49.0.